The summed E-state index contributed by atoms with van der Waals surface area (Å²) >= 11 is 6.01. The van der Waals surface area contributed by atoms with Crippen molar-refractivity contribution in [3.05, 3.63) is 76.8 Å². The van der Waals surface area contributed by atoms with Crippen LogP contribution in [0.5, 0.6) is 0 Å². The molecule has 1 aliphatic heterocycles. The van der Waals surface area contributed by atoms with E-state index in [4.69, 9.17) is 11.6 Å². The third-order valence-corrected chi connectivity index (χ3v) is 4.53. The number of aryl methyl sites for hydroxylation is 2. The van der Waals surface area contributed by atoms with Crippen molar-refractivity contribution in [2.75, 3.05) is 5.32 Å². The second kappa shape index (κ2) is 6.65. The number of aromatic nitrogens is 2. The maximum absolute atomic E-state index is 11.5. The molecule has 2 heterocycles. The maximum Gasteiger partial charge on any atom is 0.228 e. The first kappa shape index (κ1) is 15.8. The van der Waals surface area contributed by atoms with Gasteiger partial charge in [-0.3, -0.25) is 4.79 Å². The number of rotatable bonds is 4. The van der Waals surface area contributed by atoms with E-state index in [0.29, 0.717) is 6.42 Å². The minimum atomic E-state index is 0.0414. The number of nitrogens with one attached hydrogen (secondary N) is 1. The van der Waals surface area contributed by atoms with Crippen molar-refractivity contribution in [3.8, 4) is 11.1 Å². The van der Waals surface area contributed by atoms with E-state index in [1.807, 2.05) is 48.8 Å². The molecule has 0 radical (unpaired) electrons. The average molecular weight is 350 g/mol. The van der Waals surface area contributed by atoms with Crippen molar-refractivity contribution < 1.29 is 4.79 Å². The zero-order valence-electron chi connectivity index (χ0n) is 13.5. The summed E-state index contributed by atoms with van der Waals surface area (Å²) in [6.45, 7) is 0. The first-order valence-corrected chi connectivity index (χ1v) is 8.54. The lowest BCUT2D eigenvalue weighted by Gasteiger charge is -2.06. The van der Waals surface area contributed by atoms with E-state index in [-0.39, 0.29) is 5.91 Å². The van der Waals surface area contributed by atoms with Gasteiger partial charge in [0, 0.05) is 35.1 Å². The zero-order chi connectivity index (χ0) is 17.2. The van der Waals surface area contributed by atoms with Crippen LogP contribution in [0, 0.1) is 0 Å². The number of carbonyl (C=O) groups excluding carboxylic acids is 1. The largest absolute Gasteiger partial charge is 0.326 e. The Labute approximate surface area is 150 Å². The van der Waals surface area contributed by atoms with Crippen LogP contribution in [0.15, 0.2) is 54.9 Å². The minimum Gasteiger partial charge on any atom is -0.326 e. The van der Waals surface area contributed by atoms with Gasteiger partial charge in [0.25, 0.3) is 0 Å². The van der Waals surface area contributed by atoms with Crippen LogP contribution in [0.25, 0.3) is 11.1 Å². The molecule has 25 heavy (non-hydrogen) atoms. The number of benzene rings is 2. The molecular weight excluding hydrogens is 334 g/mol. The quantitative estimate of drug-likeness (QED) is 0.772. The van der Waals surface area contributed by atoms with Crippen molar-refractivity contribution in [2.45, 2.75) is 19.3 Å². The third kappa shape index (κ3) is 3.54. The molecule has 0 saturated carbocycles. The van der Waals surface area contributed by atoms with E-state index in [2.05, 4.69) is 21.4 Å². The summed E-state index contributed by atoms with van der Waals surface area (Å²) in [6.07, 6.45) is 5.73. The topological polar surface area (TPSA) is 54.9 Å². The fraction of sp³-hybridized carbons (Fsp3) is 0.150. The highest BCUT2D eigenvalue weighted by molar-refractivity contribution is 6.30. The number of anilines is 1. The summed E-state index contributed by atoms with van der Waals surface area (Å²) in [4.78, 5) is 20.4. The molecule has 2 aromatic carbocycles. The van der Waals surface area contributed by atoms with E-state index in [0.717, 1.165) is 46.1 Å². The van der Waals surface area contributed by atoms with Gasteiger partial charge in [0.1, 0.15) is 5.82 Å². The van der Waals surface area contributed by atoms with Gasteiger partial charge in [-0.1, -0.05) is 29.8 Å². The van der Waals surface area contributed by atoms with Crippen LogP contribution >= 0.6 is 11.6 Å². The molecule has 0 bridgehead atoms. The van der Waals surface area contributed by atoms with Crippen LogP contribution in [0.4, 0.5) is 5.69 Å². The molecule has 4 rings (SSSR count). The highest BCUT2D eigenvalue weighted by Crippen LogP contribution is 2.28. The Morgan fingerprint density at radius 1 is 1.00 bits per heavy atom. The van der Waals surface area contributed by atoms with Crippen LogP contribution in [0.2, 0.25) is 5.02 Å². The third-order valence-electron chi connectivity index (χ3n) is 4.30. The normalized spacial score (nSPS) is 12.8. The Morgan fingerprint density at radius 3 is 2.64 bits per heavy atom. The molecule has 4 nitrogen and oxygen atoms in total. The lowest BCUT2D eigenvalue weighted by molar-refractivity contribution is -0.115. The molecule has 0 atom stereocenters. The first-order valence-electron chi connectivity index (χ1n) is 8.16. The van der Waals surface area contributed by atoms with Gasteiger partial charge in [0.2, 0.25) is 5.91 Å². The van der Waals surface area contributed by atoms with Crippen LogP contribution in [-0.2, 0) is 24.1 Å². The SMILES string of the molecule is O=C1Cc2cc(-c3cnc(CCc4cccc(Cl)c4)nc3)ccc2N1. The van der Waals surface area contributed by atoms with Crippen LogP contribution < -0.4 is 5.32 Å². The molecule has 0 unspecified atom stereocenters. The molecule has 0 saturated heterocycles. The average Bonchev–Trinajstić information content (AvgIpc) is 2.99. The van der Waals surface area contributed by atoms with Crippen LogP contribution in [0.3, 0.4) is 0 Å². The van der Waals surface area contributed by atoms with Crippen molar-refractivity contribution in [3.63, 3.8) is 0 Å². The molecule has 3 aromatic rings. The van der Waals surface area contributed by atoms with Gasteiger partial charge in [-0.2, -0.15) is 0 Å². The Hall–Kier alpha value is -2.72. The van der Waals surface area contributed by atoms with E-state index in [1.165, 1.54) is 5.56 Å². The zero-order valence-corrected chi connectivity index (χ0v) is 14.3. The molecule has 1 aromatic heterocycles. The second-order valence-corrected chi connectivity index (χ2v) is 6.55. The summed E-state index contributed by atoms with van der Waals surface area (Å²) in [6, 6.07) is 13.8. The monoisotopic (exact) mass is 349 g/mol. The predicted molar refractivity (Wildman–Crippen MR) is 98.7 cm³/mol. The molecule has 124 valence electrons. The molecular formula is C20H16ClN3O. The number of fused-ring (bicyclic) bond motifs is 1. The highest BCUT2D eigenvalue weighted by atomic mass is 35.5. The van der Waals surface area contributed by atoms with Crippen LogP contribution in [0.1, 0.15) is 17.0 Å². The summed E-state index contributed by atoms with van der Waals surface area (Å²) < 4.78 is 0. The lowest BCUT2D eigenvalue weighted by atomic mass is 10.0. The standard InChI is InChI=1S/C20H16ClN3O/c21-17-3-1-2-13(8-17)4-7-19-22-11-16(12-23-19)14-5-6-18-15(9-14)10-20(25)24-18/h1-3,5-6,8-9,11-12H,4,7,10H2,(H,24,25). The molecule has 0 spiro atoms. The van der Waals surface area contributed by atoms with Crippen LogP contribution in [-0.4, -0.2) is 15.9 Å². The summed E-state index contributed by atoms with van der Waals surface area (Å²) in [5.74, 6) is 0.849. The van der Waals surface area contributed by atoms with Crippen molar-refractivity contribution in [1.29, 1.82) is 0 Å². The lowest BCUT2D eigenvalue weighted by Crippen LogP contribution is -2.03. The Bertz CT molecular complexity index is 938. The van der Waals surface area contributed by atoms with Gasteiger partial charge in [-0.25, -0.2) is 9.97 Å². The predicted octanol–water partition coefficient (Wildman–Crippen LogP) is 4.08. The second-order valence-electron chi connectivity index (χ2n) is 6.11. The van der Waals surface area contributed by atoms with Gasteiger partial charge in [0.15, 0.2) is 0 Å². The fourth-order valence-corrected chi connectivity index (χ4v) is 3.20. The highest BCUT2D eigenvalue weighted by Gasteiger charge is 2.17. The van der Waals surface area contributed by atoms with Gasteiger partial charge >= 0.3 is 0 Å². The van der Waals surface area contributed by atoms with E-state index in [9.17, 15) is 4.79 Å². The number of halogens is 1. The number of nitrogens with zero attached hydrogens (tertiary/aromatic N) is 2. The molecule has 1 aliphatic rings. The Kier molecular flexibility index (Phi) is 4.20. The molecule has 1 N–H and O–H groups in total. The smallest absolute Gasteiger partial charge is 0.228 e. The number of amides is 1. The Morgan fingerprint density at radius 2 is 1.84 bits per heavy atom. The molecule has 5 heteroatoms. The minimum absolute atomic E-state index is 0.0414. The number of carbonyl (C=O) groups is 1. The number of hydrogen-bond acceptors (Lipinski definition) is 3. The number of hydrogen-bond donors (Lipinski definition) is 1. The first-order chi connectivity index (χ1) is 12.2. The van der Waals surface area contributed by atoms with E-state index >= 15 is 0 Å². The molecule has 1 amide bonds. The van der Waals surface area contributed by atoms with E-state index in [1.54, 1.807) is 0 Å². The molecule has 0 fully saturated rings. The maximum atomic E-state index is 11.5. The van der Waals surface area contributed by atoms with Gasteiger partial charge in [-0.05, 0) is 47.4 Å². The summed E-state index contributed by atoms with van der Waals surface area (Å²) in [5, 5.41) is 3.59. The van der Waals surface area contributed by atoms with Gasteiger partial charge in [0.05, 0.1) is 6.42 Å². The molecule has 0 aliphatic carbocycles. The fourth-order valence-electron chi connectivity index (χ4n) is 2.99. The van der Waals surface area contributed by atoms with E-state index < -0.39 is 0 Å². The van der Waals surface area contributed by atoms with Crippen molar-refractivity contribution in [1.82, 2.24) is 9.97 Å². The van der Waals surface area contributed by atoms with Crippen molar-refractivity contribution in [2.24, 2.45) is 0 Å². The van der Waals surface area contributed by atoms with Crippen molar-refractivity contribution >= 4 is 23.2 Å². The Balaban J connectivity index is 1.47. The summed E-state index contributed by atoms with van der Waals surface area (Å²) in [7, 11) is 0. The summed E-state index contributed by atoms with van der Waals surface area (Å²) in [5.41, 5.74) is 5.07. The van der Waals surface area contributed by atoms with Gasteiger partial charge < -0.3 is 5.32 Å². The van der Waals surface area contributed by atoms with Gasteiger partial charge in [-0.15, -0.1) is 0 Å².